The van der Waals surface area contributed by atoms with E-state index in [4.69, 9.17) is 9.47 Å². The summed E-state index contributed by atoms with van der Waals surface area (Å²) in [5.41, 5.74) is 0.434. The normalized spacial score (nSPS) is 20.9. The summed E-state index contributed by atoms with van der Waals surface area (Å²) in [5.74, 6) is -3.17. The molecule has 1 unspecified atom stereocenters. The SMILES string of the molecule is O=C(OCCOC1CC1(F)F)c1ccccc1. The van der Waals surface area contributed by atoms with Gasteiger partial charge in [0.1, 0.15) is 12.7 Å². The monoisotopic (exact) mass is 242 g/mol. The highest BCUT2D eigenvalue weighted by Gasteiger charge is 2.58. The minimum Gasteiger partial charge on any atom is -0.460 e. The molecule has 1 aliphatic carbocycles. The van der Waals surface area contributed by atoms with Crippen molar-refractivity contribution < 1.29 is 23.0 Å². The van der Waals surface area contributed by atoms with Gasteiger partial charge in [-0.25, -0.2) is 13.6 Å². The van der Waals surface area contributed by atoms with Gasteiger partial charge in [-0.2, -0.15) is 0 Å². The number of carbonyl (C=O) groups is 1. The molecule has 5 heteroatoms. The van der Waals surface area contributed by atoms with Crippen molar-refractivity contribution in [2.24, 2.45) is 0 Å². The molecule has 1 atom stereocenters. The Labute approximate surface area is 97.3 Å². The van der Waals surface area contributed by atoms with Crippen molar-refractivity contribution in [2.45, 2.75) is 18.4 Å². The van der Waals surface area contributed by atoms with Crippen molar-refractivity contribution in [3.63, 3.8) is 0 Å². The first-order valence-corrected chi connectivity index (χ1v) is 5.31. The lowest BCUT2D eigenvalue weighted by atomic mass is 10.2. The summed E-state index contributed by atoms with van der Waals surface area (Å²) >= 11 is 0. The molecule has 1 saturated carbocycles. The first kappa shape index (κ1) is 12.0. The van der Waals surface area contributed by atoms with Crippen LogP contribution in [0.1, 0.15) is 16.8 Å². The van der Waals surface area contributed by atoms with Crippen LogP contribution in [0.3, 0.4) is 0 Å². The topological polar surface area (TPSA) is 35.5 Å². The van der Waals surface area contributed by atoms with Crippen molar-refractivity contribution in [1.29, 1.82) is 0 Å². The zero-order valence-electron chi connectivity index (χ0n) is 9.07. The molecule has 3 nitrogen and oxygen atoms in total. The lowest BCUT2D eigenvalue weighted by Gasteiger charge is -2.05. The van der Waals surface area contributed by atoms with E-state index in [2.05, 4.69) is 0 Å². The number of benzene rings is 1. The van der Waals surface area contributed by atoms with E-state index < -0.39 is 18.0 Å². The summed E-state index contributed by atoms with van der Waals surface area (Å²) in [4.78, 5) is 11.4. The van der Waals surface area contributed by atoms with Crippen molar-refractivity contribution in [1.82, 2.24) is 0 Å². The second-order valence-corrected chi connectivity index (χ2v) is 3.83. The van der Waals surface area contributed by atoms with Crippen LogP contribution < -0.4 is 0 Å². The Kier molecular flexibility index (Phi) is 3.38. The van der Waals surface area contributed by atoms with Crippen LogP contribution in [-0.2, 0) is 9.47 Å². The third-order valence-corrected chi connectivity index (χ3v) is 2.41. The van der Waals surface area contributed by atoms with Gasteiger partial charge in [0.15, 0.2) is 0 Å². The summed E-state index contributed by atoms with van der Waals surface area (Å²) in [5, 5.41) is 0. The molecule has 2 rings (SSSR count). The molecule has 1 aliphatic rings. The van der Waals surface area contributed by atoms with E-state index in [1.54, 1.807) is 30.3 Å². The van der Waals surface area contributed by atoms with E-state index in [-0.39, 0.29) is 19.6 Å². The van der Waals surface area contributed by atoms with Crippen LogP contribution in [0, 0.1) is 0 Å². The number of hydrogen-bond donors (Lipinski definition) is 0. The Hall–Kier alpha value is -1.49. The Morgan fingerprint density at radius 2 is 1.94 bits per heavy atom. The average molecular weight is 242 g/mol. The van der Waals surface area contributed by atoms with Crippen molar-refractivity contribution in [3.8, 4) is 0 Å². The minimum atomic E-state index is -2.69. The van der Waals surface area contributed by atoms with E-state index >= 15 is 0 Å². The molecule has 0 spiro atoms. The van der Waals surface area contributed by atoms with E-state index in [0.29, 0.717) is 5.56 Å². The molecule has 0 bridgehead atoms. The fraction of sp³-hybridized carbons (Fsp3) is 0.417. The average Bonchev–Trinajstić information content (AvgIpc) is 2.93. The summed E-state index contributed by atoms with van der Waals surface area (Å²) < 4.78 is 34.5. The largest absolute Gasteiger partial charge is 0.460 e. The quantitative estimate of drug-likeness (QED) is 0.587. The number of esters is 1. The molecule has 0 aliphatic heterocycles. The summed E-state index contributed by atoms with van der Waals surface area (Å²) in [6.45, 7) is -0.0147. The number of rotatable bonds is 5. The highest BCUT2D eigenvalue weighted by atomic mass is 19.3. The van der Waals surface area contributed by atoms with Crippen molar-refractivity contribution in [2.75, 3.05) is 13.2 Å². The molecule has 17 heavy (non-hydrogen) atoms. The second kappa shape index (κ2) is 4.79. The number of halogens is 2. The number of ether oxygens (including phenoxy) is 2. The number of alkyl halides is 2. The van der Waals surface area contributed by atoms with Gasteiger partial charge < -0.3 is 9.47 Å². The number of carbonyl (C=O) groups excluding carboxylic acids is 1. The molecule has 0 radical (unpaired) electrons. The van der Waals surface area contributed by atoms with E-state index in [0.717, 1.165) is 0 Å². The lowest BCUT2D eigenvalue weighted by Crippen LogP contribution is -2.13. The van der Waals surface area contributed by atoms with Gasteiger partial charge in [-0.15, -0.1) is 0 Å². The molecule has 0 amide bonds. The Bertz CT molecular complexity index is 392. The van der Waals surface area contributed by atoms with Crippen LogP contribution >= 0.6 is 0 Å². The van der Waals surface area contributed by atoms with Gasteiger partial charge in [0.05, 0.1) is 12.2 Å². The maximum Gasteiger partial charge on any atom is 0.338 e. The van der Waals surface area contributed by atoms with Gasteiger partial charge in [-0.1, -0.05) is 18.2 Å². The predicted octanol–water partition coefficient (Wildman–Crippen LogP) is 2.27. The second-order valence-electron chi connectivity index (χ2n) is 3.83. The number of hydrogen-bond acceptors (Lipinski definition) is 3. The lowest BCUT2D eigenvalue weighted by molar-refractivity contribution is -0.00717. The fourth-order valence-corrected chi connectivity index (χ4v) is 1.35. The van der Waals surface area contributed by atoms with E-state index in [1.807, 2.05) is 0 Å². The Morgan fingerprint density at radius 3 is 2.53 bits per heavy atom. The summed E-state index contributed by atoms with van der Waals surface area (Å²) in [7, 11) is 0. The van der Waals surface area contributed by atoms with Gasteiger partial charge in [0.2, 0.25) is 0 Å². The van der Waals surface area contributed by atoms with Crippen LogP contribution in [0.4, 0.5) is 8.78 Å². The minimum absolute atomic E-state index is 0.00116. The summed E-state index contributed by atoms with van der Waals surface area (Å²) in [6, 6.07) is 8.47. The van der Waals surface area contributed by atoms with Crippen LogP contribution in [0.5, 0.6) is 0 Å². The van der Waals surface area contributed by atoms with Gasteiger partial charge in [-0.05, 0) is 12.1 Å². The summed E-state index contributed by atoms with van der Waals surface area (Å²) in [6.07, 6.45) is -1.24. The first-order chi connectivity index (χ1) is 8.09. The van der Waals surface area contributed by atoms with Crippen molar-refractivity contribution in [3.05, 3.63) is 35.9 Å². The molecular weight excluding hydrogens is 230 g/mol. The smallest absolute Gasteiger partial charge is 0.338 e. The highest BCUT2D eigenvalue weighted by molar-refractivity contribution is 5.89. The zero-order valence-corrected chi connectivity index (χ0v) is 9.07. The van der Waals surface area contributed by atoms with Crippen LogP contribution in [0.15, 0.2) is 30.3 Å². The van der Waals surface area contributed by atoms with Gasteiger partial charge >= 0.3 is 5.97 Å². The molecular formula is C12H12F2O3. The van der Waals surface area contributed by atoms with Gasteiger partial charge in [0.25, 0.3) is 5.92 Å². The Morgan fingerprint density at radius 1 is 1.29 bits per heavy atom. The van der Waals surface area contributed by atoms with Crippen molar-refractivity contribution >= 4 is 5.97 Å². The highest BCUT2D eigenvalue weighted by Crippen LogP contribution is 2.44. The Balaban J connectivity index is 1.64. The third kappa shape index (κ3) is 3.23. The van der Waals surface area contributed by atoms with Crippen LogP contribution in [0.2, 0.25) is 0 Å². The predicted molar refractivity (Wildman–Crippen MR) is 56.0 cm³/mol. The van der Waals surface area contributed by atoms with Gasteiger partial charge in [0, 0.05) is 6.42 Å². The zero-order chi connectivity index (χ0) is 12.3. The molecule has 92 valence electrons. The fourth-order valence-electron chi connectivity index (χ4n) is 1.35. The molecule has 0 aromatic heterocycles. The maximum absolute atomic E-state index is 12.4. The molecule has 1 aromatic rings. The van der Waals surface area contributed by atoms with E-state index in [1.165, 1.54) is 0 Å². The maximum atomic E-state index is 12.4. The third-order valence-electron chi connectivity index (χ3n) is 2.41. The standard InChI is InChI=1S/C12H12F2O3/c13-12(14)8-10(12)16-6-7-17-11(15)9-4-2-1-3-5-9/h1-5,10H,6-8H2. The molecule has 1 aromatic carbocycles. The van der Waals surface area contributed by atoms with Crippen LogP contribution in [-0.4, -0.2) is 31.2 Å². The molecule has 0 N–H and O–H groups in total. The first-order valence-electron chi connectivity index (χ1n) is 5.31. The molecule has 0 heterocycles. The van der Waals surface area contributed by atoms with E-state index in [9.17, 15) is 13.6 Å². The molecule has 0 saturated heterocycles. The molecule has 1 fully saturated rings. The van der Waals surface area contributed by atoms with Crippen LogP contribution in [0.25, 0.3) is 0 Å². The van der Waals surface area contributed by atoms with Gasteiger partial charge in [-0.3, -0.25) is 0 Å².